The predicted octanol–water partition coefficient (Wildman–Crippen LogP) is 3.52. The van der Waals surface area contributed by atoms with Gasteiger partial charge in [0.1, 0.15) is 5.75 Å². The third-order valence-corrected chi connectivity index (χ3v) is 4.79. The Balaban J connectivity index is 1.59. The standard InChI is InChI=1S/C21H27F3N6O3/c1-29(2)11-3-10-25-19(31)18-27-17(13-30(18)12-14-4-5-14)28-20(32)26-15-6-8-16(9-7-15)33-21(22,23)24/h6-9,13-14H,3-5,10-12H2,1-2H3,(H,25,31)(H2,26,28,32). The van der Waals surface area contributed by atoms with Crippen LogP contribution in [0.3, 0.4) is 0 Å². The van der Waals surface area contributed by atoms with Crippen molar-refractivity contribution < 1.29 is 27.5 Å². The molecule has 0 atom stereocenters. The first kappa shape index (κ1) is 24.4. The summed E-state index contributed by atoms with van der Waals surface area (Å²) in [7, 11) is 3.91. The molecule has 3 N–H and O–H groups in total. The molecule has 180 valence electrons. The number of nitrogens with zero attached hydrogens (tertiary/aromatic N) is 3. The Hall–Kier alpha value is -3.28. The maximum Gasteiger partial charge on any atom is 0.573 e. The van der Waals surface area contributed by atoms with Crippen molar-refractivity contribution in [2.75, 3.05) is 37.8 Å². The summed E-state index contributed by atoms with van der Waals surface area (Å²) in [6.07, 6.45) is -0.226. The molecule has 0 spiro atoms. The van der Waals surface area contributed by atoms with Gasteiger partial charge in [0.05, 0.1) is 0 Å². The van der Waals surface area contributed by atoms with Gasteiger partial charge in [0.15, 0.2) is 5.82 Å². The van der Waals surface area contributed by atoms with E-state index in [4.69, 9.17) is 0 Å². The number of halogens is 3. The van der Waals surface area contributed by atoms with Gasteiger partial charge in [-0.05, 0) is 70.1 Å². The van der Waals surface area contributed by atoms with Gasteiger partial charge in [0, 0.05) is 25.0 Å². The van der Waals surface area contributed by atoms with E-state index in [1.54, 1.807) is 10.8 Å². The molecule has 1 aromatic carbocycles. The highest BCUT2D eigenvalue weighted by Gasteiger charge is 2.31. The van der Waals surface area contributed by atoms with Gasteiger partial charge in [0.2, 0.25) is 5.82 Å². The second-order valence-corrected chi connectivity index (χ2v) is 8.11. The quantitative estimate of drug-likeness (QED) is 0.464. The first-order valence-corrected chi connectivity index (χ1v) is 10.5. The van der Waals surface area contributed by atoms with Crippen LogP contribution in [0.25, 0.3) is 0 Å². The molecule has 0 aliphatic heterocycles. The Morgan fingerprint density at radius 1 is 1.18 bits per heavy atom. The number of hydrogen-bond donors (Lipinski definition) is 3. The van der Waals surface area contributed by atoms with Crippen molar-refractivity contribution in [1.29, 1.82) is 0 Å². The first-order chi connectivity index (χ1) is 15.6. The molecular formula is C21H27F3N6O3. The molecule has 1 aliphatic rings. The highest BCUT2D eigenvalue weighted by atomic mass is 19.4. The van der Waals surface area contributed by atoms with E-state index in [9.17, 15) is 22.8 Å². The minimum atomic E-state index is -4.79. The zero-order valence-electron chi connectivity index (χ0n) is 18.4. The van der Waals surface area contributed by atoms with Gasteiger partial charge in [-0.25, -0.2) is 9.78 Å². The number of aromatic nitrogens is 2. The van der Waals surface area contributed by atoms with Gasteiger partial charge in [-0.2, -0.15) is 0 Å². The molecule has 3 rings (SSSR count). The molecule has 0 unspecified atom stereocenters. The van der Waals surface area contributed by atoms with Crippen LogP contribution in [0.15, 0.2) is 30.5 Å². The van der Waals surface area contributed by atoms with Crippen LogP contribution >= 0.6 is 0 Å². The summed E-state index contributed by atoms with van der Waals surface area (Å²) in [4.78, 5) is 31.2. The van der Waals surface area contributed by atoms with E-state index < -0.39 is 18.1 Å². The Morgan fingerprint density at radius 2 is 1.88 bits per heavy atom. The van der Waals surface area contributed by atoms with E-state index in [1.165, 1.54) is 12.1 Å². The SMILES string of the molecule is CN(C)CCCNC(=O)c1nc(NC(=O)Nc2ccc(OC(F)(F)F)cc2)cn1CC1CC1. The molecule has 9 nitrogen and oxygen atoms in total. The van der Waals surface area contributed by atoms with E-state index in [1.807, 2.05) is 19.0 Å². The van der Waals surface area contributed by atoms with Crippen molar-refractivity contribution >= 4 is 23.4 Å². The van der Waals surface area contributed by atoms with Gasteiger partial charge < -0.3 is 24.8 Å². The number of hydrogen-bond acceptors (Lipinski definition) is 5. The lowest BCUT2D eigenvalue weighted by Crippen LogP contribution is -2.29. The Labute approximate surface area is 189 Å². The largest absolute Gasteiger partial charge is 0.573 e. The highest BCUT2D eigenvalue weighted by molar-refractivity contribution is 5.99. The second kappa shape index (κ2) is 10.6. The van der Waals surface area contributed by atoms with Crippen molar-refractivity contribution in [1.82, 2.24) is 19.8 Å². The van der Waals surface area contributed by atoms with Crippen molar-refractivity contribution in [3.8, 4) is 5.75 Å². The van der Waals surface area contributed by atoms with Crippen LogP contribution in [0.2, 0.25) is 0 Å². The van der Waals surface area contributed by atoms with E-state index in [2.05, 4.69) is 25.7 Å². The summed E-state index contributed by atoms with van der Waals surface area (Å²) in [6, 6.07) is 4.09. The summed E-state index contributed by atoms with van der Waals surface area (Å²) >= 11 is 0. The van der Waals surface area contributed by atoms with Gasteiger partial charge in [-0.15, -0.1) is 13.2 Å². The minimum absolute atomic E-state index is 0.198. The summed E-state index contributed by atoms with van der Waals surface area (Å²) < 4.78 is 42.3. The van der Waals surface area contributed by atoms with Gasteiger partial charge >= 0.3 is 12.4 Å². The lowest BCUT2D eigenvalue weighted by atomic mass is 10.3. The average Bonchev–Trinajstić information content (AvgIpc) is 3.44. The summed E-state index contributed by atoms with van der Waals surface area (Å²) in [5.41, 5.74) is 0.262. The topological polar surface area (TPSA) is 101 Å². The minimum Gasteiger partial charge on any atom is -0.406 e. The molecule has 1 saturated carbocycles. The van der Waals surface area contributed by atoms with Gasteiger partial charge in [0.25, 0.3) is 5.91 Å². The van der Waals surface area contributed by atoms with Crippen molar-refractivity contribution in [3.63, 3.8) is 0 Å². The maximum atomic E-state index is 12.6. The number of ether oxygens (including phenoxy) is 1. The first-order valence-electron chi connectivity index (χ1n) is 10.5. The lowest BCUT2D eigenvalue weighted by molar-refractivity contribution is -0.274. The molecule has 2 aromatic rings. The molecule has 0 bridgehead atoms. The van der Waals surface area contributed by atoms with Crippen LogP contribution in [0, 0.1) is 5.92 Å². The van der Waals surface area contributed by atoms with Crippen LogP contribution in [-0.4, -0.2) is 59.9 Å². The summed E-state index contributed by atoms with van der Waals surface area (Å²) in [5.74, 6) is 0.189. The normalized spacial score (nSPS) is 13.6. The van der Waals surface area contributed by atoms with E-state index in [0.29, 0.717) is 19.0 Å². The van der Waals surface area contributed by atoms with Crippen molar-refractivity contribution in [2.24, 2.45) is 5.92 Å². The Morgan fingerprint density at radius 3 is 2.48 bits per heavy atom. The number of rotatable bonds is 10. The predicted molar refractivity (Wildman–Crippen MR) is 116 cm³/mol. The van der Waals surface area contributed by atoms with Crippen LogP contribution in [-0.2, 0) is 6.54 Å². The zero-order chi connectivity index (χ0) is 24.0. The van der Waals surface area contributed by atoms with E-state index in [-0.39, 0.29) is 23.2 Å². The fourth-order valence-corrected chi connectivity index (χ4v) is 3.07. The summed E-state index contributed by atoms with van der Waals surface area (Å²) in [6.45, 7) is 1.98. The number of anilines is 2. The van der Waals surface area contributed by atoms with Gasteiger partial charge in [-0.1, -0.05) is 0 Å². The smallest absolute Gasteiger partial charge is 0.406 e. The molecule has 0 radical (unpaired) electrons. The molecule has 1 aliphatic carbocycles. The van der Waals surface area contributed by atoms with Crippen LogP contribution in [0.4, 0.5) is 29.5 Å². The molecule has 1 aromatic heterocycles. The highest BCUT2D eigenvalue weighted by Crippen LogP contribution is 2.31. The molecule has 1 heterocycles. The average molecular weight is 468 g/mol. The zero-order valence-corrected chi connectivity index (χ0v) is 18.4. The fourth-order valence-electron chi connectivity index (χ4n) is 3.07. The number of alkyl halides is 3. The molecule has 12 heteroatoms. The molecular weight excluding hydrogens is 441 g/mol. The lowest BCUT2D eigenvalue weighted by Gasteiger charge is -2.10. The maximum absolute atomic E-state index is 12.6. The fraction of sp³-hybridized carbons (Fsp3) is 0.476. The third kappa shape index (κ3) is 8.29. The van der Waals surface area contributed by atoms with Crippen LogP contribution in [0.5, 0.6) is 5.75 Å². The number of amides is 3. The van der Waals surface area contributed by atoms with Crippen molar-refractivity contribution in [2.45, 2.75) is 32.2 Å². The molecule has 3 amide bonds. The Bertz CT molecular complexity index is 955. The monoisotopic (exact) mass is 468 g/mol. The number of carbonyl (C=O) groups is 2. The van der Waals surface area contributed by atoms with Crippen LogP contribution in [0.1, 0.15) is 29.9 Å². The van der Waals surface area contributed by atoms with E-state index in [0.717, 1.165) is 37.9 Å². The van der Waals surface area contributed by atoms with Gasteiger partial charge in [-0.3, -0.25) is 10.1 Å². The molecule has 0 saturated heterocycles. The second-order valence-electron chi connectivity index (χ2n) is 8.11. The number of carbonyl (C=O) groups excluding carboxylic acids is 2. The number of imidazole rings is 1. The van der Waals surface area contributed by atoms with Crippen molar-refractivity contribution in [3.05, 3.63) is 36.3 Å². The number of urea groups is 1. The molecule has 1 fully saturated rings. The third-order valence-electron chi connectivity index (χ3n) is 4.79. The number of benzene rings is 1. The Kier molecular flexibility index (Phi) is 7.79. The van der Waals surface area contributed by atoms with E-state index >= 15 is 0 Å². The number of nitrogens with one attached hydrogen (secondary N) is 3. The van der Waals surface area contributed by atoms with Crippen LogP contribution < -0.4 is 20.7 Å². The molecule has 33 heavy (non-hydrogen) atoms. The summed E-state index contributed by atoms with van der Waals surface area (Å²) in [5, 5.41) is 7.90.